The molecule has 0 N–H and O–H groups in total. The summed E-state index contributed by atoms with van der Waals surface area (Å²) in [5.41, 5.74) is -0.687. The molecule has 1 heterocycles. The van der Waals surface area contributed by atoms with Crippen LogP contribution in [0.3, 0.4) is 0 Å². The highest BCUT2D eigenvalue weighted by atomic mass is 19.3. The second-order valence-corrected chi connectivity index (χ2v) is 3.20. The third-order valence-corrected chi connectivity index (χ3v) is 2.17. The molecule has 0 unspecified atom stereocenters. The zero-order valence-electron chi connectivity index (χ0n) is 9.33. The highest BCUT2D eigenvalue weighted by Crippen LogP contribution is 2.25. The van der Waals surface area contributed by atoms with E-state index >= 15 is 0 Å². The first-order valence-electron chi connectivity index (χ1n) is 4.87. The molecule has 0 spiro atoms. The lowest BCUT2D eigenvalue weighted by atomic mass is 10.0. The number of nitriles is 1. The van der Waals surface area contributed by atoms with E-state index in [4.69, 9.17) is 10.00 Å². The van der Waals surface area contributed by atoms with E-state index in [1.807, 2.05) is 0 Å². The standard InChI is InChI=1S/C11H10F2N2O2/c1-3-17-11(16)9-6(2)7(4-14)8(5-15-9)10(12)13/h5,10H,3H2,1-2H3. The van der Waals surface area contributed by atoms with Crippen LogP contribution in [0.1, 0.15) is 40.5 Å². The predicted octanol–water partition coefficient (Wildman–Crippen LogP) is 2.38. The van der Waals surface area contributed by atoms with Crippen molar-refractivity contribution in [3.8, 4) is 6.07 Å². The van der Waals surface area contributed by atoms with Crippen molar-refractivity contribution in [3.63, 3.8) is 0 Å². The summed E-state index contributed by atoms with van der Waals surface area (Å²) in [5, 5.41) is 8.82. The molecule has 17 heavy (non-hydrogen) atoms. The summed E-state index contributed by atoms with van der Waals surface area (Å²) in [6, 6.07) is 1.65. The highest BCUT2D eigenvalue weighted by molar-refractivity contribution is 5.89. The first-order chi connectivity index (χ1) is 8.02. The van der Waals surface area contributed by atoms with Crippen LogP contribution in [-0.2, 0) is 4.74 Å². The van der Waals surface area contributed by atoms with Crippen LogP contribution in [0, 0.1) is 18.3 Å². The van der Waals surface area contributed by atoms with E-state index in [2.05, 4.69) is 4.98 Å². The molecule has 0 atom stereocenters. The van der Waals surface area contributed by atoms with Gasteiger partial charge < -0.3 is 4.74 Å². The fourth-order valence-corrected chi connectivity index (χ4v) is 1.35. The molecule has 0 saturated carbocycles. The molecule has 0 amide bonds. The number of pyridine rings is 1. The Balaban J connectivity index is 3.31. The molecular formula is C11H10F2N2O2. The van der Waals surface area contributed by atoms with Crippen LogP contribution < -0.4 is 0 Å². The molecule has 1 aromatic heterocycles. The quantitative estimate of drug-likeness (QED) is 0.761. The lowest BCUT2D eigenvalue weighted by Crippen LogP contribution is -2.11. The van der Waals surface area contributed by atoms with Crippen molar-refractivity contribution in [1.82, 2.24) is 4.98 Å². The van der Waals surface area contributed by atoms with E-state index in [9.17, 15) is 13.6 Å². The lowest BCUT2D eigenvalue weighted by Gasteiger charge is -2.09. The maximum absolute atomic E-state index is 12.6. The number of rotatable bonds is 3. The van der Waals surface area contributed by atoms with Gasteiger partial charge in [-0.3, -0.25) is 0 Å². The number of alkyl halides is 2. The molecule has 0 saturated heterocycles. The van der Waals surface area contributed by atoms with Gasteiger partial charge in [0.05, 0.1) is 17.7 Å². The van der Waals surface area contributed by atoms with E-state index in [-0.39, 0.29) is 23.4 Å². The highest BCUT2D eigenvalue weighted by Gasteiger charge is 2.21. The van der Waals surface area contributed by atoms with Crippen molar-refractivity contribution < 1.29 is 18.3 Å². The van der Waals surface area contributed by atoms with E-state index in [1.54, 1.807) is 13.0 Å². The van der Waals surface area contributed by atoms with Crippen molar-refractivity contribution in [2.24, 2.45) is 0 Å². The Morgan fingerprint density at radius 1 is 1.65 bits per heavy atom. The van der Waals surface area contributed by atoms with Gasteiger partial charge in [0.2, 0.25) is 0 Å². The summed E-state index contributed by atoms with van der Waals surface area (Å²) >= 11 is 0. The number of esters is 1. The van der Waals surface area contributed by atoms with Crippen LogP contribution in [-0.4, -0.2) is 17.6 Å². The van der Waals surface area contributed by atoms with E-state index < -0.39 is 18.0 Å². The second kappa shape index (κ2) is 5.34. The number of halogens is 2. The monoisotopic (exact) mass is 240 g/mol. The Labute approximate surface area is 96.8 Å². The molecule has 1 rings (SSSR count). The van der Waals surface area contributed by atoms with E-state index in [1.165, 1.54) is 6.92 Å². The normalized spacial score (nSPS) is 10.1. The second-order valence-electron chi connectivity index (χ2n) is 3.20. The van der Waals surface area contributed by atoms with Crippen molar-refractivity contribution in [1.29, 1.82) is 5.26 Å². The van der Waals surface area contributed by atoms with Gasteiger partial charge in [0, 0.05) is 11.8 Å². The molecular weight excluding hydrogens is 230 g/mol. The first-order valence-corrected chi connectivity index (χ1v) is 4.87. The van der Waals surface area contributed by atoms with Gasteiger partial charge in [-0.1, -0.05) is 0 Å². The van der Waals surface area contributed by atoms with Crippen LogP contribution in [0.4, 0.5) is 8.78 Å². The molecule has 0 fully saturated rings. The molecule has 0 bridgehead atoms. The lowest BCUT2D eigenvalue weighted by molar-refractivity contribution is 0.0518. The van der Waals surface area contributed by atoms with Gasteiger partial charge in [-0.2, -0.15) is 5.26 Å². The first kappa shape index (κ1) is 13.0. The summed E-state index contributed by atoms with van der Waals surface area (Å²) in [5.74, 6) is -0.720. The van der Waals surface area contributed by atoms with Gasteiger partial charge >= 0.3 is 5.97 Å². The third kappa shape index (κ3) is 2.56. The molecule has 0 aromatic carbocycles. The Morgan fingerprint density at radius 2 is 2.29 bits per heavy atom. The number of nitrogens with zero attached hydrogens (tertiary/aromatic N) is 2. The molecule has 0 radical (unpaired) electrons. The van der Waals surface area contributed by atoms with Crippen LogP contribution in [0.25, 0.3) is 0 Å². The van der Waals surface area contributed by atoms with Crippen molar-refractivity contribution in [3.05, 3.63) is 28.6 Å². The summed E-state index contributed by atoms with van der Waals surface area (Å²) in [6.45, 7) is 3.16. The Hall–Kier alpha value is -2.03. The number of ether oxygens (including phenoxy) is 1. The van der Waals surface area contributed by atoms with Gasteiger partial charge in [-0.25, -0.2) is 18.6 Å². The summed E-state index contributed by atoms with van der Waals surface area (Å²) in [6.07, 6.45) is -1.96. The average molecular weight is 240 g/mol. The van der Waals surface area contributed by atoms with Gasteiger partial charge in [-0.05, 0) is 13.8 Å². The van der Waals surface area contributed by atoms with Crippen LogP contribution in [0.15, 0.2) is 6.20 Å². The summed E-state index contributed by atoms with van der Waals surface area (Å²) < 4.78 is 29.8. The van der Waals surface area contributed by atoms with Crippen molar-refractivity contribution in [2.75, 3.05) is 6.61 Å². The van der Waals surface area contributed by atoms with E-state index in [0.29, 0.717) is 0 Å². The minimum Gasteiger partial charge on any atom is -0.461 e. The Bertz CT molecular complexity index is 481. The molecule has 0 aliphatic heterocycles. The SMILES string of the molecule is CCOC(=O)c1ncc(C(F)F)c(C#N)c1C. The van der Waals surface area contributed by atoms with Crippen LogP contribution >= 0.6 is 0 Å². The number of hydrogen-bond donors (Lipinski definition) is 0. The van der Waals surface area contributed by atoms with Gasteiger partial charge in [0.1, 0.15) is 6.07 Å². The fraction of sp³-hybridized carbons (Fsp3) is 0.364. The minimum atomic E-state index is -2.80. The van der Waals surface area contributed by atoms with Crippen LogP contribution in [0.5, 0.6) is 0 Å². The number of aromatic nitrogens is 1. The smallest absolute Gasteiger partial charge is 0.357 e. The summed E-state index contributed by atoms with van der Waals surface area (Å²) in [7, 11) is 0. The maximum Gasteiger partial charge on any atom is 0.357 e. The van der Waals surface area contributed by atoms with Gasteiger partial charge in [-0.15, -0.1) is 0 Å². The zero-order valence-corrected chi connectivity index (χ0v) is 9.33. The molecule has 90 valence electrons. The molecule has 0 aliphatic rings. The van der Waals surface area contributed by atoms with Crippen molar-refractivity contribution in [2.45, 2.75) is 20.3 Å². The summed E-state index contributed by atoms with van der Waals surface area (Å²) in [4.78, 5) is 15.1. The molecule has 0 aliphatic carbocycles. The van der Waals surface area contributed by atoms with Crippen LogP contribution in [0.2, 0.25) is 0 Å². The number of hydrogen-bond acceptors (Lipinski definition) is 4. The number of carbonyl (C=O) groups excluding carboxylic acids is 1. The fourth-order valence-electron chi connectivity index (χ4n) is 1.35. The number of carbonyl (C=O) groups is 1. The Morgan fingerprint density at radius 3 is 2.76 bits per heavy atom. The largest absolute Gasteiger partial charge is 0.461 e. The minimum absolute atomic E-state index is 0.104. The zero-order chi connectivity index (χ0) is 13.0. The molecule has 4 nitrogen and oxygen atoms in total. The van der Waals surface area contributed by atoms with Crippen molar-refractivity contribution >= 4 is 5.97 Å². The maximum atomic E-state index is 12.6. The van der Waals surface area contributed by atoms with E-state index in [0.717, 1.165) is 6.20 Å². The predicted molar refractivity (Wildman–Crippen MR) is 54.6 cm³/mol. The topological polar surface area (TPSA) is 63.0 Å². The third-order valence-electron chi connectivity index (χ3n) is 2.17. The van der Waals surface area contributed by atoms with Gasteiger partial charge in [0.15, 0.2) is 5.69 Å². The Kier molecular flexibility index (Phi) is 4.10. The van der Waals surface area contributed by atoms with Gasteiger partial charge in [0.25, 0.3) is 6.43 Å². The molecule has 6 heteroatoms. The average Bonchev–Trinajstić information content (AvgIpc) is 2.28. The molecule has 1 aromatic rings.